The van der Waals surface area contributed by atoms with E-state index in [0.717, 1.165) is 16.5 Å². The number of para-hydroxylation sites is 1. The molecule has 0 radical (unpaired) electrons. The molecule has 19 heavy (non-hydrogen) atoms. The summed E-state index contributed by atoms with van der Waals surface area (Å²) in [6.45, 7) is 0. The molecule has 5 nitrogen and oxygen atoms in total. The van der Waals surface area contributed by atoms with Gasteiger partial charge >= 0.3 is 0 Å². The third-order valence-electron chi connectivity index (χ3n) is 2.91. The van der Waals surface area contributed by atoms with Crippen LogP contribution in [-0.4, -0.2) is 15.0 Å². The molecule has 6 heteroatoms. The molecule has 1 aromatic carbocycles. The molecule has 0 bridgehead atoms. The van der Waals surface area contributed by atoms with Crippen LogP contribution in [0.2, 0.25) is 0 Å². The molecule has 0 atom stereocenters. The van der Waals surface area contributed by atoms with Gasteiger partial charge in [-0.15, -0.1) is 0 Å². The van der Waals surface area contributed by atoms with Crippen molar-refractivity contribution in [3.05, 3.63) is 51.2 Å². The van der Waals surface area contributed by atoms with Gasteiger partial charge in [0.1, 0.15) is 11.6 Å². The van der Waals surface area contributed by atoms with Gasteiger partial charge in [0.25, 0.3) is 5.56 Å². The van der Waals surface area contributed by atoms with Crippen molar-refractivity contribution in [2.75, 3.05) is 0 Å². The van der Waals surface area contributed by atoms with Crippen molar-refractivity contribution in [2.24, 2.45) is 0 Å². The number of nitriles is 1. The molecule has 3 rings (SSSR count). The number of fused-ring (bicyclic) bond motifs is 1. The maximum Gasteiger partial charge on any atom is 0.270 e. The fourth-order valence-corrected chi connectivity index (χ4v) is 2.27. The smallest absolute Gasteiger partial charge is 0.270 e. The van der Waals surface area contributed by atoms with Gasteiger partial charge in [-0.25, -0.2) is 0 Å². The molecule has 92 valence electrons. The minimum absolute atomic E-state index is 0.0263. The largest absolute Gasteiger partial charge is 0.360 e. The normalized spacial score (nSPS) is 10.5. The van der Waals surface area contributed by atoms with Crippen molar-refractivity contribution >= 4 is 23.1 Å². The predicted octanol–water partition coefficient (Wildman–Crippen LogP) is 2.45. The fraction of sp³-hybridized carbons (Fsp3) is 0. The second kappa shape index (κ2) is 4.23. The third kappa shape index (κ3) is 1.77. The Hall–Kier alpha value is -2.65. The summed E-state index contributed by atoms with van der Waals surface area (Å²) in [5.74, 6) is 0. The SMILES string of the molecule is N#Cc1c(-c2c[nH]c3ccccc23)[nH]c(=S)[nH]c1=O. The first kappa shape index (κ1) is 11.4. The van der Waals surface area contributed by atoms with Crippen LogP contribution < -0.4 is 5.56 Å². The Morgan fingerprint density at radius 1 is 1.21 bits per heavy atom. The summed E-state index contributed by atoms with van der Waals surface area (Å²) >= 11 is 4.96. The molecule has 3 N–H and O–H groups in total. The molecule has 3 aromatic rings. The average Bonchev–Trinajstić information content (AvgIpc) is 2.81. The van der Waals surface area contributed by atoms with E-state index in [0.29, 0.717) is 5.69 Å². The van der Waals surface area contributed by atoms with Gasteiger partial charge in [-0.3, -0.25) is 9.78 Å². The summed E-state index contributed by atoms with van der Waals surface area (Å²) in [6.07, 6.45) is 1.76. The van der Waals surface area contributed by atoms with Crippen molar-refractivity contribution < 1.29 is 0 Å². The zero-order valence-electron chi connectivity index (χ0n) is 9.65. The summed E-state index contributed by atoms with van der Waals surface area (Å²) in [4.78, 5) is 20.1. The molecule has 0 fully saturated rings. The maximum atomic E-state index is 11.7. The Morgan fingerprint density at radius 3 is 2.79 bits per heavy atom. The molecule has 0 aliphatic carbocycles. The van der Waals surface area contributed by atoms with Crippen molar-refractivity contribution in [1.29, 1.82) is 5.26 Å². The highest BCUT2D eigenvalue weighted by atomic mass is 32.1. The van der Waals surface area contributed by atoms with E-state index in [1.54, 1.807) is 6.20 Å². The topological polar surface area (TPSA) is 88.2 Å². The number of H-pyrrole nitrogens is 3. The predicted molar refractivity (Wildman–Crippen MR) is 74.3 cm³/mol. The minimum Gasteiger partial charge on any atom is -0.360 e. The first-order chi connectivity index (χ1) is 9.20. The van der Waals surface area contributed by atoms with Crippen molar-refractivity contribution in [1.82, 2.24) is 15.0 Å². The van der Waals surface area contributed by atoms with Gasteiger partial charge in [-0.05, 0) is 18.3 Å². The van der Waals surface area contributed by atoms with E-state index in [2.05, 4.69) is 15.0 Å². The van der Waals surface area contributed by atoms with Gasteiger partial charge in [0.2, 0.25) is 0 Å². The number of aromatic amines is 3. The van der Waals surface area contributed by atoms with E-state index in [1.807, 2.05) is 30.3 Å². The summed E-state index contributed by atoms with van der Waals surface area (Å²) in [5, 5.41) is 10.1. The monoisotopic (exact) mass is 268 g/mol. The molecule has 0 aliphatic rings. The Kier molecular flexibility index (Phi) is 2.54. The van der Waals surface area contributed by atoms with E-state index in [-0.39, 0.29) is 10.3 Å². The molecule has 2 aromatic heterocycles. The van der Waals surface area contributed by atoms with E-state index in [1.165, 1.54) is 0 Å². The zero-order valence-corrected chi connectivity index (χ0v) is 10.5. The standard InChI is InChI=1S/C13H8N4OS/c14-5-8-11(16-13(19)17-12(8)18)9-6-15-10-4-2-1-3-7(9)10/h1-4,6,15H,(H2,16,17,18,19). The zero-order chi connectivity index (χ0) is 13.4. The van der Waals surface area contributed by atoms with Gasteiger partial charge < -0.3 is 9.97 Å². The van der Waals surface area contributed by atoms with E-state index in [9.17, 15) is 4.79 Å². The van der Waals surface area contributed by atoms with Gasteiger partial charge in [0.15, 0.2) is 4.77 Å². The van der Waals surface area contributed by atoms with Crippen molar-refractivity contribution in [3.63, 3.8) is 0 Å². The van der Waals surface area contributed by atoms with Crippen LogP contribution in [0.4, 0.5) is 0 Å². The van der Waals surface area contributed by atoms with Gasteiger partial charge in [0, 0.05) is 22.7 Å². The van der Waals surface area contributed by atoms with Crippen molar-refractivity contribution in [2.45, 2.75) is 0 Å². The minimum atomic E-state index is -0.480. The van der Waals surface area contributed by atoms with Crippen LogP contribution in [0.25, 0.3) is 22.2 Å². The van der Waals surface area contributed by atoms with Crippen LogP contribution in [0.3, 0.4) is 0 Å². The lowest BCUT2D eigenvalue weighted by atomic mass is 10.1. The highest BCUT2D eigenvalue weighted by Gasteiger charge is 2.13. The van der Waals surface area contributed by atoms with Crippen LogP contribution in [0, 0.1) is 16.1 Å². The molecule has 0 amide bonds. The van der Waals surface area contributed by atoms with Crippen molar-refractivity contribution in [3.8, 4) is 17.3 Å². The molecule has 0 saturated heterocycles. The molecular weight excluding hydrogens is 260 g/mol. The Labute approximate surface area is 112 Å². The van der Waals surface area contributed by atoms with Crippen LogP contribution in [0.5, 0.6) is 0 Å². The second-order valence-corrected chi connectivity index (χ2v) is 4.43. The summed E-state index contributed by atoms with van der Waals surface area (Å²) in [5.41, 5.74) is 1.67. The number of hydrogen-bond donors (Lipinski definition) is 3. The molecule has 0 unspecified atom stereocenters. The lowest BCUT2D eigenvalue weighted by Crippen LogP contribution is -2.13. The summed E-state index contributed by atoms with van der Waals surface area (Å²) in [7, 11) is 0. The second-order valence-electron chi connectivity index (χ2n) is 4.02. The summed E-state index contributed by atoms with van der Waals surface area (Å²) < 4.78 is 0.198. The number of nitrogens with zero attached hydrogens (tertiary/aromatic N) is 1. The number of hydrogen-bond acceptors (Lipinski definition) is 3. The third-order valence-corrected chi connectivity index (χ3v) is 3.12. The van der Waals surface area contributed by atoms with Crippen LogP contribution >= 0.6 is 12.2 Å². The van der Waals surface area contributed by atoms with Gasteiger partial charge in [-0.2, -0.15) is 5.26 Å². The first-order valence-electron chi connectivity index (χ1n) is 5.54. The Balaban J connectivity index is 2.43. The van der Waals surface area contributed by atoms with E-state index >= 15 is 0 Å². The van der Waals surface area contributed by atoms with E-state index in [4.69, 9.17) is 17.5 Å². The van der Waals surface area contributed by atoms with Gasteiger partial charge in [-0.1, -0.05) is 18.2 Å². The Morgan fingerprint density at radius 2 is 2.00 bits per heavy atom. The lowest BCUT2D eigenvalue weighted by Gasteiger charge is -2.02. The average molecular weight is 268 g/mol. The molecule has 0 saturated carbocycles. The van der Waals surface area contributed by atoms with Crippen LogP contribution in [0.15, 0.2) is 35.3 Å². The summed E-state index contributed by atoms with van der Waals surface area (Å²) in [6, 6.07) is 9.56. The van der Waals surface area contributed by atoms with Gasteiger partial charge in [0.05, 0.1) is 5.69 Å². The highest BCUT2D eigenvalue weighted by molar-refractivity contribution is 7.71. The van der Waals surface area contributed by atoms with Crippen LogP contribution in [0.1, 0.15) is 5.56 Å². The highest BCUT2D eigenvalue weighted by Crippen LogP contribution is 2.27. The van der Waals surface area contributed by atoms with E-state index < -0.39 is 5.56 Å². The Bertz CT molecular complexity index is 926. The molecule has 0 spiro atoms. The number of nitrogens with one attached hydrogen (secondary N) is 3. The maximum absolute atomic E-state index is 11.7. The molecular formula is C13H8N4OS. The number of rotatable bonds is 1. The molecule has 0 aliphatic heterocycles. The first-order valence-corrected chi connectivity index (χ1v) is 5.94. The number of aromatic nitrogens is 3. The van der Waals surface area contributed by atoms with Crippen LogP contribution in [-0.2, 0) is 0 Å². The molecule has 2 heterocycles. The fourth-order valence-electron chi connectivity index (χ4n) is 2.07. The lowest BCUT2D eigenvalue weighted by molar-refractivity contribution is 1.08. The number of benzene rings is 1. The quantitative estimate of drug-likeness (QED) is 0.592.